The number of hydrogen-bond donors (Lipinski definition) is 0. The minimum atomic E-state index is -0.692. The number of esters is 1. The average Bonchev–Trinajstić information content (AvgIpc) is 2.87. The fourth-order valence-electron chi connectivity index (χ4n) is 2.67. The van der Waals surface area contributed by atoms with Gasteiger partial charge in [0.1, 0.15) is 12.2 Å². The van der Waals surface area contributed by atoms with Crippen molar-refractivity contribution >= 4 is 5.97 Å². The summed E-state index contributed by atoms with van der Waals surface area (Å²) in [7, 11) is 1.34. The number of rotatable bonds is 5. The van der Waals surface area contributed by atoms with Gasteiger partial charge >= 0.3 is 5.97 Å². The van der Waals surface area contributed by atoms with E-state index in [9.17, 15) is 4.79 Å². The molecule has 2 heterocycles. The van der Waals surface area contributed by atoms with Crippen LogP contribution in [0, 0.1) is 0 Å². The summed E-state index contributed by atoms with van der Waals surface area (Å²) >= 11 is 0. The highest BCUT2D eigenvalue weighted by Gasteiger charge is 2.47. The smallest absolute Gasteiger partial charge is 0.337 e. The maximum absolute atomic E-state index is 11.7. The molecule has 1 aromatic rings. The van der Waals surface area contributed by atoms with E-state index in [-0.39, 0.29) is 12.2 Å². The van der Waals surface area contributed by atoms with E-state index < -0.39 is 18.4 Å². The molecule has 0 radical (unpaired) electrons. The lowest BCUT2D eigenvalue weighted by molar-refractivity contribution is -0.251. The lowest BCUT2D eigenvalue weighted by Crippen LogP contribution is -2.45. The number of hydrogen-bond acceptors (Lipinski definition) is 6. The molecule has 2 aliphatic heterocycles. The molecule has 22 heavy (non-hydrogen) atoms. The average molecular weight is 305 g/mol. The molecule has 2 fully saturated rings. The van der Waals surface area contributed by atoms with Crippen LogP contribution in [0.4, 0.5) is 0 Å². The third kappa shape index (κ3) is 3.05. The molecule has 0 saturated carbocycles. The third-order valence-electron chi connectivity index (χ3n) is 3.74. The van der Waals surface area contributed by atoms with Gasteiger partial charge < -0.3 is 14.2 Å². The summed E-state index contributed by atoms with van der Waals surface area (Å²) in [5.74, 6) is -0.419. The standard InChI is InChI=1S/C16H19NO5/c1-3-12(11-7-5-4-6-8-11)22-17-9-13-15(16(18)19-2)21-14(10-17)20-13/h3-8,12-15H,1,9-10H2,2H3/t12-,13-,14-,15+/m0/s1. The quantitative estimate of drug-likeness (QED) is 0.606. The first-order valence-electron chi connectivity index (χ1n) is 7.19. The van der Waals surface area contributed by atoms with Crippen LogP contribution in [0.5, 0.6) is 0 Å². The molecular formula is C16H19NO5. The van der Waals surface area contributed by atoms with Crippen molar-refractivity contribution in [1.29, 1.82) is 0 Å². The van der Waals surface area contributed by atoms with Crippen LogP contribution in [0.15, 0.2) is 43.0 Å². The zero-order valence-corrected chi connectivity index (χ0v) is 12.4. The van der Waals surface area contributed by atoms with E-state index in [2.05, 4.69) is 6.58 Å². The molecule has 0 aliphatic carbocycles. The Bertz CT molecular complexity index is 535. The summed E-state index contributed by atoms with van der Waals surface area (Å²) in [6.45, 7) is 4.69. The minimum absolute atomic E-state index is 0.254. The molecule has 0 spiro atoms. The highest BCUT2D eigenvalue weighted by Crippen LogP contribution is 2.29. The zero-order valence-electron chi connectivity index (χ0n) is 12.4. The van der Waals surface area contributed by atoms with Gasteiger partial charge in [0, 0.05) is 0 Å². The first kappa shape index (κ1) is 15.2. The number of carbonyl (C=O) groups is 1. The third-order valence-corrected chi connectivity index (χ3v) is 3.74. The van der Waals surface area contributed by atoms with Gasteiger partial charge in [-0.3, -0.25) is 4.84 Å². The largest absolute Gasteiger partial charge is 0.467 e. The fraction of sp³-hybridized carbons (Fsp3) is 0.438. The van der Waals surface area contributed by atoms with E-state index in [4.69, 9.17) is 19.0 Å². The normalized spacial score (nSPS) is 29.0. The maximum Gasteiger partial charge on any atom is 0.337 e. The van der Waals surface area contributed by atoms with Crippen LogP contribution in [0.25, 0.3) is 0 Å². The number of morpholine rings is 1. The number of carbonyl (C=O) groups excluding carboxylic acids is 1. The first-order chi connectivity index (χ1) is 10.7. The molecule has 2 aliphatic rings. The van der Waals surface area contributed by atoms with Crippen LogP contribution >= 0.6 is 0 Å². The molecule has 0 N–H and O–H groups in total. The molecule has 2 bridgehead atoms. The van der Waals surface area contributed by atoms with Gasteiger partial charge in [-0.2, -0.15) is 5.06 Å². The highest BCUT2D eigenvalue weighted by atomic mass is 16.8. The second kappa shape index (κ2) is 6.58. The fourth-order valence-corrected chi connectivity index (χ4v) is 2.67. The van der Waals surface area contributed by atoms with Gasteiger partial charge in [0.2, 0.25) is 0 Å². The molecule has 0 amide bonds. The van der Waals surface area contributed by atoms with Crippen molar-refractivity contribution in [3.05, 3.63) is 48.6 Å². The SMILES string of the molecule is C=C[C@H](ON1C[C@H]2O[C@@H](C1)[C@H](C(=O)OC)O2)c1ccccc1. The molecular weight excluding hydrogens is 286 g/mol. The Kier molecular flexibility index (Phi) is 4.54. The number of ether oxygens (including phenoxy) is 3. The Balaban J connectivity index is 1.65. The van der Waals surface area contributed by atoms with E-state index in [0.717, 1.165) is 5.56 Å². The minimum Gasteiger partial charge on any atom is -0.467 e. The van der Waals surface area contributed by atoms with Gasteiger partial charge in [-0.1, -0.05) is 36.4 Å². The Hall–Kier alpha value is -1.73. The number of methoxy groups -OCH3 is 1. The molecule has 0 aromatic heterocycles. The van der Waals surface area contributed by atoms with E-state index in [1.807, 2.05) is 30.3 Å². The van der Waals surface area contributed by atoms with Crippen molar-refractivity contribution in [2.75, 3.05) is 20.2 Å². The second-order valence-corrected chi connectivity index (χ2v) is 5.20. The molecule has 118 valence electrons. The lowest BCUT2D eigenvalue weighted by Gasteiger charge is -2.32. The summed E-state index contributed by atoms with van der Waals surface area (Å²) in [5.41, 5.74) is 1.02. The molecule has 4 atom stereocenters. The van der Waals surface area contributed by atoms with Gasteiger partial charge in [-0.15, -0.1) is 6.58 Å². The molecule has 1 aromatic carbocycles. The van der Waals surface area contributed by atoms with Crippen molar-refractivity contribution in [1.82, 2.24) is 5.06 Å². The highest BCUT2D eigenvalue weighted by molar-refractivity contribution is 5.75. The molecule has 3 rings (SSSR count). The monoisotopic (exact) mass is 305 g/mol. The topological polar surface area (TPSA) is 57.2 Å². The van der Waals surface area contributed by atoms with Crippen LogP contribution in [-0.2, 0) is 23.8 Å². The van der Waals surface area contributed by atoms with Gasteiger partial charge in [-0.25, -0.2) is 4.79 Å². The lowest BCUT2D eigenvalue weighted by atomic mass is 10.1. The van der Waals surface area contributed by atoms with E-state index >= 15 is 0 Å². The van der Waals surface area contributed by atoms with Crippen LogP contribution in [0.1, 0.15) is 11.7 Å². The Morgan fingerprint density at radius 3 is 2.82 bits per heavy atom. The summed E-state index contributed by atoms with van der Waals surface area (Å²) in [5, 5.41) is 1.76. The van der Waals surface area contributed by atoms with Gasteiger partial charge in [0.05, 0.1) is 20.2 Å². The number of benzene rings is 1. The maximum atomic E-state index is 11.7. The Labute approximate surface area is 129 Å². The van der Waals surface area contributed by atoms with E-state index in [1.54, 1.807) is 11.1 Å². The number of fused-ring (bicyclic) bond motifs is 2. The van der Waals surface area contributed by atoms with Gasteiger partial charge in [-0.05, 0) is 5.56 Å². The zero-order chi connectivity index (χ0) is 15.5. The van der Waals surface area contributed by atoms with Crippen molar-refractivity contribution in [3.63, 3.8) is 0 Å². The summed E-state index contributed by atoms with van der Waals surface area (Å²) in [6, 6.07) is 9.82. The Morgan fingerprint density at radius 1 is 1.36 bits per heavy atom. The first-order valence-corrected chi connectivity index (χ1v) is 7.19. The van der Waals surface area contributed by atoms with E-state index in [0.29, 0.717) is 13.1 Å². The van der Waals surface area contributed by atoms with Crippen LogP contribution in [0.3, 0.4) is 0 Å². The molecule has 6 heteroatoms. The van der Waals surface area contributed by atoms with Crippen molar-refractivity contribution in [3.8, 4) is 0 Å². The van der Waals surface area contributed by atoms with Crippen molar-refractivity contribution in [2.45, 2.75) is 24.6 Å². The summed E-state index contributed by atoms with van der Waals surface area (Å²) in [4.78, 5) is 17.6. The summed E-state index contributed by atoms with van der Waals surface area (Å²) < 4.78 is 15.9. The van der Waals surface area contributed by atoms with Gasteiger partial charge in [0.15, 0.2) is 12.4 Å². The van der Waals surface area contributed by atoms with Crippen LogP contribution < -0.4 is 0 Å². The van der Waals surface area contributed by atoms with Crippen molar-refractivity contribution < 1.29 is 23.8 Å². The predicted molar refractivity (Wildman–Crippen MR) is 77.6 cm³/mol. The molecule has 2 saturated heterocycles. The number of hydroxylamine groups is 2. The molecule has 6 nitrogen and oxygen atoms in total. The van der Waals surface area contributed by atoms with Crippen molar-refractivity contribution in [2.24, 2.45) is 0 Å². The molecule has 0 unspecified atom stereocenters. The van der Waals surface area contributed by atoms with Gasteiger partial charge in [0.25, 0.3) is 0 Å². The second-order valence-electron chi connectivity index (χ2n) is 5.20. The number of nitrogens with zero attached hydrogens (tertiary/aromatic N) is 1. The predicted octanol–water partition coefficient (Wildman–Crippen LogP) is 1.44. The summed E-state index contributed by atoms with van der Waals surface area (Å²) in [6.07, 6.45) is -0.0694. The van der Waals surface area contributed by atoms with Crippen LogP contribution in [-0.4, -0.2) is 49.7 Å². The van der Waals surface area contributed by atoms with Crippen LogP contribution in [0.2, 0.25) is 0 Å². The Morgan fingerprint density at radius 2 is 2.14 bits per heavy atom. The van der Waals surface area contributed by atoms with E-state index in [1.165, 1.54) is 7.11 Å².